The Hall–Kier alpha value is -2.30. The van der Waals surface area contributed by atoms with Crippen molar-refractivity contribution in [1.82, 2.24) is 15.6 Å². The number of aliphatic imine (C=N–C) groups is 1. The largest absolute Gasteiger partial charge is 0.444 e. The van der Waals surface area contributed by atoms with Crippen molar-refractivity contribution in [2.75, 3.05) is 13.6 Å². The third kappa shape index (κ3) is 4.63. The fraction of sp³-hybridized carbons (Fsp3) is 0.375. The van der Waals surface area contributed by atoms with Gasteiger partial charge in [0.15, 0.2) is 5.96 Å². The maximum absolute atomic E-state index is 5.50. The number of nitrogens with zero attached hydrogens (tertiary/aromatic N) is 2. The fourth-order valence-corrected chi connectivity index (χ4v) is 1.80. The summed E-state index contributed by atoms with van der Waals surface area (Å²) in [6, 6.07) is 9.86. The van der Waals surface area contributed by atoms with Crippen molar-refractivity contribution in [3.05, 3.63) is 42.3 Å². The SMILES string of the molecule is CN=C(NCc1coc(-c2ccccc2)n1)NCC(C)C. The Bertz CT molecular complexity index is 575. The molecule has 0 amide bonds. The van der Waals surface area contributed by atoms with Gasteiger partial charge in [0, 0.05) is 19.2 Å². The number of benzene rings is 1. The number of guanidine groups is 1. The van der Waals surface area contributed by atoms with Gasteiger partial charge in [0.05, 0.1) is 12.2 Å². The van der Waals surface area contributed by atoms with Crippen molar-refractivity contribution in [1.29, 1.82) is 0 Å². The van der Waals surface area contributed by atoms with E-state index in [4.69, 9.17) is 4.42 Å². The smallest absolute Gasteiger partial charge is 0.226 e. The standard InChI is InChI=1S/C16H22N4O/c1-12(2)9-18-16(17-3)19-10-14-11-21-15(20-14)13-7-5-4-6-8-13/h4-8,11-12H,9-10H2,1-3H3,(H2,17,18,19). The predicted molar refractivity (Wildman–Crippen MR) is 85.0 cm³/mol. The quantitative estimate of drug-likeness (QED) is 0.655. The molecule has 0 fully saturated rings. The normalized spacial score (nSPS) is 11.7. The minimum absolute atomic E-state index is 0.570. The Morgan fingerprint density at radius 3 is 2.67 bits per heavy atom. The summed E-state index contributed by atoms with van der Waals surface area (Å²) in [5, 5.41) is 6.48. The van der Waals surface area contributed by atoms with Crippen molar-refractivity contribution < 1.29 is 4.42 Å². The van der Waals surface area contributed by atoms with Crippen molar-refractivity contribution in [2.24, 2.45) is 10.9 Å². The molecule has 0 aliphatic heterocycles. The molecule has 2 rings (SSSR count). The zero-order valence-electron chi connectivity index (χ0n) is 12.8. The highest BCUT2D eigenvalue weighted by atomic mass is 16.3. The van der Waals surface area contributed by atoms with E-state index in [1.807, 2.05) is 30.3 Å². The number of nitrogens with one attached hydrogen (secondary N) is 2. The van der Waals surface area contributed by atoms with Crippen LogP contribution in [0.3, 0.4) is 0 Å². The van der Waals surface area contributed by atoms with E-state index in [9.17, 15) is 0 Å². The summed E-state index contributed by atoms with van der Waals surface area (Å²) >= 11 is 0. The van der Waals surface area contributed by atoms with E-state index in [1.165, 1.54) is 0 Å². The number of hydrogen-bond donors (Lipinski definition) is 2. The molecule has 0 saturated heterocycles. The molecule has 21 heavy (non-hydrogen) atoms. The minimum atomic E-state index is 0.570. The van der Waals surface area contributed by atoms with Crippen LogP contribution in [0.2, 0.25) is 0 Å². The molecule has 2 aromatic rings. The van der Waals surface area contributed by atoms with Gasteiger partial charge in [-0.25, -0.2) is 4.98 Å². The lowest BCUT2D eigenvalue weighted by Crippen LogP contribution is -2.38. The average Bonchev–Trinajstić information content (AvgIpc) is 2.97. The summed E-state index contributed by atoms with van der Waals surface area (Å²) in [4.78, 5) is 8.65. The first-order chi connectivity index (χ1) is 10.2. The van der Waals surface area contributed by atoms with Crippen LogP contribution in [0.4, 0.5) is 0 Å². The van der Waals surface area contributed by atoms with Gasteiger partial charge < -0.3 is 15.1 Å². The first-order valence-corrected chi connectivity index (χ1v) is 7.13. The highest BCUT2D eigenvalue weighted by molar-refractivity contribution is 5.79. The van der Waals surface area contributed by atoms with Crippen LogP contribution in [-0.2, 0) is 6.54 Å². The topological polar surface area (TPSA) is 62.5 Å². The van der Waals surface area contributed by atoms with Gasteiger partial charge in [-0.05, 0) is 18.1 Å². The molecule has 1 aromatic heterocycles. The van der Waals surface area contributed by atoms with Crippen LogP contribution in [0.25, 0.3) is 11.5 Å². The third-order valence-electron chi connectivity index (χ3n) is 2.91. The summed E-state index contributed by atoms with van der Waals surface area (Å²) in [5.74, 6) is 1.98. The summed E-state index contributed by atoms with van der Waals surface area (Å²) < 4.78 is 5.50. The molecule has 2 N–H and O–H groups in total. The van der Waals surface area contributed by atoms with Gasteiger partial charge in [-0.1, -0.05) is 32.0 Å². The summed E-state index contributed by atoms with van der Waals surface area (Å²) in [6.07, 6.45) is 1.67. The van der Waals surface area contributed by atoms with Crippen molar-refractivity contribution >= 4 is 5.96 Å². The van der Waals surface area contributed by atoms with Crippen LogP contribution >= 0.6 is 0 Å². The molecule has 0 atom stereocenters. The summed E-state index contributed by atoms with van der Waals surface area (Å²) in [7, 11) is 1.76. The fourth-order valence-electron chi connectivity index (χ4n) is 1.80. The Kier molecular flexibility index (Phi) is 5.37. The van der Waals surface area contributed by atoms with E-state index in [0.717, 1.165) is 23.8 Å². The minimum Gasteiger partial charge on any atom is -0.444 e. The molecule has 1 aromatic carbocycles. The van der Waals surface area contributed by atoms with Gasteiger partial charge in [0.2, 0.25) is 5.89 Å². The molecule has 0 bridgehead atoms. The molecule has 112 valence electrons. The van der Waals surface area contributed by atoms with Crippen molar-refractivity contribution in [3.8, 4) is 11.5 Å². The second-order valence-electron chi connectivity index (χ2n) is 5.21. The Balaban J connectivity index is 1.91. The van der Waals surface area contributed by atoms with Gasteiger partial charge in [-0.3, -0.25) is 4.99 Å². The molecular weight excluding hydrogens is 264 g/mol. The Morgan fingerprint density at radius 2 is 2.00 bits per heavy atom. The van der Waals surface area contributed by atoms with E-state index in [-0.39, 0.29) is 0 Å². The van der Waals surface area contributed by atoms with E-state index >= 15 is 0 Å². The second-order valence-corrected chi connectivity index (χ2v) is 5.21. The van der Waals surface area contributed by atoms with E-state index in [0.29, 0.717) is 18.4 Å². The molecule has 0 saturated carbocycles. The summed E-state index contributed by atoms with van der Waals surface area (Å²) in [6.45, 7) is 5.77. The highest BCUT2D eigenvalue weighted by Crippen LogP contribution is 2.17. The van der Waals surface area contributed by atoms with E-state index in [2.05, 4.69) is 34.5 Å². The van der Waals surface area contributed by atoms with Gasteiger partial charge in [-0.2, -0.15) is 0 Å². The molecular formula is C16H22N4O. The third-order valence-corrected chi connectivity index (χ3v) is 2.91. The second kappa shape index (κ2) is 7.47. The van der Waals surface area contributed by atoms with Gasteiger partial charge in [-0.15, -0.1) is 0 Å². The predicted octanol–water partition coefficient (Wildman–Crippen LogP) is 2.66. The number of aromatic nitrogens is 1. The lowest BCUT2D eigenvalue weighted by Gasteiger charge is -2.12. The van der Waals surface area contributed by atoms with Crippen LogP contribution in [0, 0.1) is 5.92 Å². The van der Waals surface area contributed by atoms with Gasteiger partial charge in [0.25, 0.3) is 0 Å². The zero-order chi connectivity index (χ0) is 15.1. The molecule has 0 aliphatic carbocycles. The van der Waals surface area contributed by atoms with Crippen LogP contribution in [0.1, 0.15) is 19.5 Å². The molecule has 0 spiro atoms. The average molecular weight is 286 g/mol. The van der Waals surface area contributed by atoms with Gasteiger partial charge >= 0.3 is 0 Å². The van der Waals surface area contributed by atoms with Crippen LogP contribution < -0.4 is 10.6 Å². The molecule has 0 unspecified atom stereocenters. The molecule has 0 radical (unpaired) electrons. The maximum atomic E-state index is 5.50. The lowest BCUT2D eigenvalue weighted by atomic mass is 10.2. The lowest BCUT2D eigenvalue weighted by molar-refractivity contribution is 0.571. The summed E-state index contributed by atoms with van der Waals surface area (Å²) in [5.41, 5.74) is 1.83. The highest BCUT2D eigenvalue weighted by Gasteiger charge is 2.07. The molecule has 5 heteroatoms. The van der Waals surface area contributed by atoms with Crippen molar-refractivity contribution in [3.63, 3.8) is 0 Å². The van der Waals surface area contributed by atoms with E-state index < -0.39 is 0 Å². The molecule has 0 aliphatic rings. The zero-order valence-corrected chi connectivity index (χ0v) is 12.8. The van der Waals surface area contributed by atoms with Crippen LogP contribution in [0.5, 0.6) is 0 Å². The van der Waals surface area contributed by atoms with E-state index in [1.54, 1.807) is 13.3 Å². The first-order valence-electron chi connectivity index (χ1n) is 7.13. The van der Waals surface area contributed by atoms with Crippen LogP contribution in [-0.4, -0.2) is 24.5 Å². The number of hydrogen-bond acceptors (Lipinski definition) is 3. The maximum Gasteiger partial charge on any atom is 0.226 e. The monoisotopic (exact) mass is 286 g/mol. The Labute approximate surface area is 125 Å². The number of oxazole rings is 1. The van der Waals surface area contributed by atoms with Crippen LogP contribution in [0.15, 0.2) is 46.0 Å². The van der Waals surface area contributed by atoms with Crippen molar-refractivity contribution in [2.45, 2.75) is 20.4 Å². The number of rotatable bonds is 5. The molecule has 5 nitrogen and oxygen atoms in total. The van der Waals surface area contributed by atoms with Gasteiger partial charge in [0.1, 0.15) is 6.26 Å². The first kappa shape index (κ1) is 15.1. The molecule has 1 heterocycles. The Morgan fingerprint density at radius 1 is 1.24 bits per heavy atom.